The van der Waals surface area contributed by atoms with Crippen molar-refractivity contribution >= 4 is 16.7 Å². The van der Waals surface area contributed by atoms with Gasteiger partial charge in [-0.05, 0) is 25.5 Å². The minimum Gasteiger partial charge on any atom is -0.493 e. The van der Waals surface area contributed by atoms with E-state index in [1.807, 2.05) is 6.92 Å². The molecule has 1 fully saturated rings. The van der Waals surface area contributed by atoms with Crippen molar-refractivity contribution in [2.75, 3.05) is 27.3 Å². The number of carbonyl (C=O) groups excluding carboxylic acids is 1. The van der Waals surface area contributed by atoms with Crippen LogP contribution in [0.15, 0.2) is 23.1 Å². The maximum atomic E-state index is 12.7. The van der Waals surface area contributed by atoms with Gasteiger partial charge in [0.05, 0.1) is 25.2 Å². The molecular formula is C17H20N2O4. The zero-order valence-electron chi connectivity index (χ0n) is 13.6. The summed E-state index contributed by atoms with van der Waals surface area (Å²) in [5.74, 6) is 0.940. The molecule has 0 bridgehead atoms. The minimum atomic E-state index is -0.136. The van der Waals surface area contributed by atoms with E-state index in [1.165, 1.54) is 14.2 Å². The Labute approximate surface area is 134 Å². The quantitative estimate of drug-likeness (QED) is 0.864. The molecule has 1 aliphatic heterocycles. The van der Waals surface area contributed by atoms with Gasteiger partial charge in [0.1, 0.15) is 0 Å². The SMILES string of the molecule is CCn1cc(C(=O)N2CCC2)c2cc(OC)c(OC)cc2c1=O. The van der Waals surface area contributed by atoms with E-state index in [9.17, 15) is 9.59 Å². The lowest BCUT2D eigenvalue weighted by atomic mass is 10.0. The lowest BCUT2D eigenvalue weighted by Gasteiger charge is -2.31. The molecule has 6 nitrogen and oxygen atoms in total. The molecular weight excluding hydrogens is 296 g/mol. The second kappa shape index (κ2) is 5.95. The largest absolute Gasteiger partial charge is 0.493 e. The van der Waals surface area contributed by atoms with Crippen LogP contribution in [0, 0.1) is 0 Å². The highest BCUT2D eigenvalue weighted by molar-refractivity contribution is 6.07. The molecule has 2 aromatic rings. The Morgan fingerprint density at radius 2 is 1.74 bits per heavy atom. The lowest BCUT2D eigenvalue weighted by molar-refractivity contribution is 0.0653. The van der Waals surface area contributed by atoms with Crippen molar-refractivity contribution in [3.8, 4) is 11.5 Å². The molecule has 0 saturated carbocycles. The van der Waals surface area contributed by atoms with Crippen LogP contribution in [0.3, 0.4) is 0 Å². The van der Waals surface area contributed by atoms with Gasteiger partial charge in [-0.3, -0.25) is 9.59 Å². The fourth-order valence-electron chi connectivity index (χ4n) is 2.81. The van der Waals surface area contributed by atoms with Gasteiger partial charge in [0.25, 0.3) is 11.5 Å². The predicted octanol–water partition coefficient (Wildman–Crippen LogP) is 1.88. The predicted molar refractivity (Wildman–Crippen MR) is 87.5 cm³/mol. The first-order chi connectivity index (χ1) is 11.1. The minimum absolute atomic E-state index is 0.0457. The lowest BCUT2D eigenvalue weighted by Crippen LogP contribution is -2.42. The molecule has 1 aromatic carbocycles. The fraction of sp³-hybridized carbons (Fsp3) is 0.412. The first kappa shape index (κ1) is 15.4. The van der Waals surface area contributed by atoms with Crippen LogP contribution in [0.1, 0.15) is 23.7 Å². The van der Waals surface area contributed by atoms with E-state index in [0.29, 0.717) is 34.4 Å². The van der Waals surface area contributed by atoms with Crippen LogP contribution in [0.5, 0.6) is 11.5 Å². The average Bonchev–Trinajstić information content (AvgIpc) is 2.52. The zero-order chi connectivity index (χ0) is 16.6. The van der Waals surface area contributed by atoms with Gasteiger partial charge in [0.15, 0.2) is 11.5 Å². The molecule has 1 amide bonds. The third-order valence-corrected chi connectivity index (χ3v) is 4.30. The number of pyridine rings is 1. The number of fused-ring (bicyclic) bond motifs is 1. The van der Waals surface area contributed by atoms with Crippen LogP contribution >= 0.6 is 0 Å². The van der Waals surface area contributed by atoms with Crippen molar-refractivity contribution in [2.24, 2.45) is 0 Å². The van der Waals surface area contributed by atoms with Gasteiger partial charge < -0.3 is 18.9 Å². The number of ether oxygens (including phenoxy) is 2. The summed E-state index contributed by atoms with van der Waals surface area (Å²) in [6, 6.07) is 3.36. The number of aromatic nitrogens is 1. The Morgan fingerprint density at radius 3 is 2.22 bits per heavy atom. The second-order valence-corrected chi connectivity index (χ2v) is 5.53. The first-order valence-corrected chi connectivity index (χ1v) is 7.69. The molecule has 1 aromatic heterocycles. The standard InChI is InChI=1S/C17H20N2O4/c1-4-18-10-13(17(21)19-6-5-7-19)11-8-14(22-2)15(23-3)9-12(11)16(18)20/h8-10H,4-7H2,1-3H3. The number of hydrogen-bond donors (Lipinski definition) is 0. The summed E-state index contributed by atoms with van der Waals surface area (Å²) in [5.41, 5.74) is 0.394. The van der Waals surface area contributed by atoms with Crippen molar-refractivity contribution in [2.45, 2.75) is 19.9 Å². The Kier molecular flexibility index (Phi) is 3.98. The van der Waals surface area contributed by atoms with Crippen LogP contribution in [0.4, 0.5) is 0 Å². The Hall–Kier alpha value is -2.50. The molecule has 0 aliphatic carbocycles. The van der Waals surface area contributed by atoms with Crippen molar-refractivity contribution in [1.29, 1.82) is 0 Å². The molecule has 0 unspecified atom stereocenters. The Bertz CT molecular complexity index is 821. The summed E-state index contributed by atoms with van der Waals surface area (Å²) in [4.78, 5) is 27.1. The van der Waals surface area contributed by atoms with E-state index < -0.39 is 0 Å². The van der Waals surface area contributed by atoms with Crippen molar-refractivity contribution in [3.05, 3.63) is 34.2 Å². The monoisotopic (exact) mass is 316 g/mol. The van der Waals surface area contributed by atoms with E-state index in [0.717, 1.165) is 19.5 Å². The van der Waals surface area contributed by atoms with Crippen LogP contribution in [-0.2, 0) is 6.54 Å². The maximum Gasteiger partial charge on any atom is 0.258 e. The molecule has 0 atom stereocenters. The van der Waals surface area contributed by atoms with Gasteiger partial charge in [-0.15, -0.1) is 0 Å². The molecule has 23 heavy (non-hydrogen) atoms. The summed E-state index contributed by atoms with van der Waals surface area (Å²) in [6.07, 6.45) is 2.67. The normalized spacial score (nSPS) is 13.8. The fourth-order valence-corrected chi connectivity index (χ4v) is 2.81. The summed E-state index contributed by atoms with van der Waals surface area (Å²) in [7, 11) is 3.06. The van der Waals surface area contributed by atoms with E-state index in [4.69, 9.17) is 9.47 Å². The molecule has 6 heteroatoms. The molecule has 3 rings (SSSR count). The number of methoxy groups -OCH3 is 2. The summed E-state index contributed by atoms with van der Waals surface area (Å²) >= 11 is 0. The van der Waals surface area contributed by atoms with Gasteiger partial charge in [-0.1, -0.05) is 0 Å². The number of hydrogen-bond acceptors (Lipinski definition) is 4. The summed E-state index contributed by atoms with van der Waals surface area (Å²) in [6.45, 7) is 3.91. The van der Waals surface area contributed by atoms with Crippen molar-refractivity contribution in [1.82, 2.24) is 9.47 Å². The second-order valence-electron chi connectivity index (χ2n) is 5.53. The van der Waals surface area contributed by atoms with E-state index in [1.54, 1.807) is 27.8 Å². The molecule has 0 N–H and O–H groups in total. The summed E-state index contributed by atoms with van der Waals surface area (Å²) < 4.78 is 12.2. The molecule has 122 valence electrons. The number of benzene rings is 1. The van der Waals surface area contributed by atoms with E-state index in [2.05, 4.69) is 0 Å². The van der Waals surface area contributed by atoms with Gasteiger partial charge in [-0.25, -0.2) is 0 Å². The Balaban J connectivity index is 2.31. The van der Waals surface area contributed by atoms with Gasteiger partial charge in [-0.2, -0.15) is 0 Å². The topological polar surface area (TPSA) is 60.8 Å². The zero-order valence-corrected chi connectivity index (χ0v) is 13.6. The molecule has 1 aliphatic rings. The van der Waals surface area contributed by atoms with E-state index in [-0.39, 0.29) is 11.5 Å². The third-order valence-electron chi connectivity index (χ3n) is 4.30. The molecule has 0 spiro atoms. The highest BCUT2D eigenvalue weighted by Gasteiger charge is 2.25. The van der Waals surface area contributed by atoms with Crippen molar-refractivity contribution in [3.63, 3.8) is 0 Å². The average molecular weight is 316 g/mol. The van der Waals surface area contributed by atoms with Gasteiger partial charge in [0, 0.05) is 31.2 Å². The Morgan fingerprint density at radius 1 is 1.13 bits per heavy atom. The van der Waals surface area contributed by atoms with Crippen LogP contribution in [-0.4, -0.2) is 42.7 Å². The van der Waals surface area contributed by atoms with E-state index >= 15 is 0 Å². The smallest absolute Gasteiger partial charge is 0.258 e. The maximum absolute atomic E-state index is 12.7. The number of rotatable bonds is 4. The van der Waals surface area contributed by atoms with Crippen LogP contribution in [0.25, 0.3) is 10.8 Å². The third kappa shape index (κ3) is 2.44. The van der Waals surface area contributed by atoms with Crippen LogP contribution in [0.2, 0.25) is 0 Å². The van der Waals surface area contributed by atoms with Gasteiger partial charge in [0.2, 0.25) is 0 Å². The number of aryl methyl sites for hydroxylation is 1. The number of likely N-dealkylation sites (tertiary alicyclic amines) is 1. The first-order valence-electron chi connectivity index (χ1n) is 7.69. The number of nitrogens with zero attached hydrogens (tertiary/aromatic N) is 2. The molecule has 1 saturated heterocycles. The van der Waals surface area contributed by atoms with Gasteiger partial charge >= 0.3 is 0 Å². The summed E-state index contributed by atoms with van der Waals surface area (Å²) in [5, 5.41) is 1.07. The highest BCUT2D eigenvalue weighted by Crippen LogP contribution is 2.33. The van der Waals surface area contributed by atoms with Crippen LogP contribution < -0.4 is 15.0 Å². The molecule has 2 heterocycles. The number of amides is 1. The van der Waals surface area contributed by atoms with Crippen molar-refractivity contribution < 1.29 is 14.3 Å². The number of carbonyl (C=O) groups is 1. The molecule has 0 radical (unpaired) electrons. The highest BCUT2D eigenvalue weighted by atomic mass is 16.5.